The van der Waals surface area contributed by atoms with Gasteiger partial charge >= 0.3 is 0 Å². The lowest BCUT2D eigenvalue weighted by molar-refractivity contribution is 0.0106. The van der Waals surface area contributed by atoms with Crippen molar-refractivity contribution in [3.63, 3.8) is 0 Å². The molecule has 5 heteroatoms. The van der Waals surface area contributed by atoms with Crippen molar-refractivity contribution >= 4 is 10.8 Å². The van der Waals surface area contributed by atoms with Crippen molar-refractivity contribution in [1.82, 2.24) is 5.32 Å². The van der Waals surface area contributed by atoms with Crippen molar-refractivity contribution in [2.45, 2.75) is 31.5 Å². The highest BCUT2D eigenvalue weighted by molar-refractivity contribution is 5.84. The smallest absolute Gasteiger partial charge is 0.123 e. The maximum Gasteiger partial charge on any atom is 0.123 e. The number of nitrogens with one attached hydrogen (secondary N) is 1. The van der Waals surface area contributed by atoms with Crippen molar-refractivity contribution in [2.75, 3.05) is 33.4 Å². The molecule has 1 saturated heterocycles. The van der Waals surface area contributed by atoms with E-state index in [0.29, 0.717) is 19.8 Å². The fraction of sp³-hybridized carbons (Fsp3) is 0.385. The van der Waals surface area contributed by atoms with Crippen LogP contribution in [0.25, 0.3) is 10.8 Å². The van der Waals surface area contributed by atoms with Gasteiger partial charge in [-0.25, -0.2) is 4.39 Å². The standard InChI is InChI=1S/C26H30FNO3/c1-29-13-2-14-30-24-10-7-20-4-3-19(15-22(20)16-24)18-31-26-17-28-12-11-25(26)21-5-8-23(27)9-6-21/h3-10,15-16,25-26,28H,2,11-14,17-18H2,1H3. The molecular weight excluding hydrogens is 393 g/mol. The number of hydrogen-bond donors (Lipinski definition) is 1. The third-order valence-corrected chi connectivity index (χ3v) is 5.83. The van der Waals surface area contributed by atoms with Gasteiger partial charge < -0.3 is 19.5 Å². The highest BCUT2D eigenvalue weighted by atomic mass is 19.1. The molecule has 1 N–H and O–H groups in total. The number of benzene rings is 3. The number of halogens is 1. The summed E-state index contributed by atoms with van der Waals surface area (Å²) in [7, 11) is 1.70. The average molecular weight is 424 g/mol. The second-order valence-corrected chi connectivity index (χ2v) is 8.04. The van der Waals surface area contributed by atoms with Gasteiger partial charge in [0.05, 0.1) is 19.3 Å². The van der Waals surface area contributed by atoms with Crippen LogP contribution in [0.5, 0.6) is 5.75 Å². The molecule has 1 aliphatic rings. The molecule has 164 valence electrons. The van der Waals surface area contributed by atoms with E-state index < -0.39 is 0 Å². The first kappa shape index (κ1) is 21.8. The average Bonchev–Trinajstić information content (AvgIpc) is 2.81. The van der Waals surface area contributed by atoms with Crippen LogP contribution in [-0.4, -0.2) is 39.5 Å². The van der Waals surface area contributed by atoms with Crippen molar-refractivity contribution in [2.24, 2.45) is 0 Å². The molecule has 1 aliphatic heterocycles. The lowest BCUT2D eigenvalue weighted by Gasteiger charge is -2.32. The summed E-state index contributed by atoms with van der Waals surface area (Å²) >= 11 is 0. The van der Waals surface area contributed by atoms with E-state index in [0.717, 1.165) is 48.2 Å². The molecule has 0 spiro atoms. The van der Waals surface area contributed by atoms with Crippen LogP contribution in [0.4, 0.5) is 4.39 Å². The minimum atomic E-state index is -0.201. The Morgan fingerprint density at radius 1 is 0.968 bits per heavy atom. The van der Waals surface area contributed by atoms with E-state index in [1.165, 1.54) is 17.5 Å². The number of piperidine rings is 1. The number of fused-ring (bicyclic) bond motifs is 1. The summed E-state index contributed by atoms with van der Waals surface area (Å²) in [5.41, 5.74) is 2.27. The third kappa shape index (κ3) is 5.82. The van der Waals surface area contributed by atoms with Gasteiger partial charge in [-0.2, -0.15) is 0 Å². The zero-order chi connectivity index (χ0) is 21.5. The van der Waals surface area contributed by atoms with Gasteiger partial charge in [0.25, 0.3) is 0 Å². The largest absolute Gasteiger partial charge is 0.493 e. The van der Waals surface area contributed by atoms with Crippen molar-refractivity contribution in [3.05, 3.63) is 77.6 Å². The van der Waals surface area contributed by atoms with Crippen LogP contribution in [0.2, 0.25) is 0 Å². The monoisotopic (exact) mass is 423 g/mol. The molecule has 0 aliphatic carbocycles. The summed E-state index contributed by atoms with van der Waals surface area (Å²) in [6.07, 6.45) is 1.91. The molecule has 3 aromatic rings. The van der Waals surface area contributed by atoms with Crippen molar-refractivity contribution in [1.29, 1.82) is 0 Å². The first-order valence-electron chi connectivity index (χ1n) is 10.9. The van der Waals surface area contributed by atoms with E-state index in [4.69, 9.17) is 14.2 Å². The SMILES string of the molecule is COCCCOc1ccc2ccc(COC3CNCCC3c3ccc(F)cc3)cc2c1. The number of methoxy groups -OCH3 is 1. The van der Waals surface area contributed by atoms with Crippen LogP contribution in [0.3, 0.4) is 0 Å². The third-order valence-electron chi connectivity index (χ3n) is 5.83. The molecule has 4 nitrogen and oxygen atoms in total. The summed E-state index contributed by atoms with van der Waals surface area (Å²) in [5, 5.41) is 5.74. The molecule has 4 rings (SSSR count). The van der Waals surface area contributed by atoms with E-state index in [9.17, 15) is 4.39 Å². The van der Waals surface area contributed by atoms with E-state index in [2.05, 4.69) is 35.6 Å². The first-order valence-corrected chi connectivity index (χ1v) is 10.9. The molecule has 2 unspecified atom stereocenters. The predicted octanol–water partition coefficient (Wildman–Crippen LogP) is 5.06. The summed E-state index contributed by atoms with van der Waals surface area (Å²) in [4.78, 5) is 0. The summed E-state index contributed by atoms with van der Waals surface area (Å²) < 4.78 is 30.6. The maximum atomic E-state index is 13.3. The Morgan fingerprint density at radius 2 is 1.81 bits per heavy atom. The van der Waals surface area contributed by atoms with E-state index >= 15 is 0 Å². The van der Waals surface area contributed by atoms with Gasteiger partial charge in [-0.15, -0.1) is 0 Å². The zero-order valence-electron chi connectivity index (χ0n) is 18.0. The normalized spacial score (nSPS) is 18.9. The Bertz CT molecular complexity index is 976. The Balaban J connectivity index is 1.41. The molecule has 31 heavy (non-hydrogen) atoms. The van der Waals surface area contributed by atoms with Gasteiger partial charge in [0.1, 0.15) is 11.6 Å². The van der Waals surface area contributed by atoms with Gasteiger partial charge in [-0.3, -0.25) is 0 Å². The summed E-state index contributed by atoms with van der Waals surface area (Å²) in [6, 6.07) is 19.4. The molecule has 3 aromatic carbocycles. The van der Waals surface area contributed by atoms with Gasteiger partial charge in [0.2, 0.25) is 0 Å². The molecule has 0 radical (unpaired) electrons. The van der Waals surface area contributed by atoms with Crippen LogP contribution in [0, 0.1) is 5.82 Å². The number of rotatable bonds is 9. The molecule has 2 atom stereocenters. The molecule has 0 saturated carbocycles. The fourth-order valence-corrected chi connectivity index (χ4v) is 4.15. The van der Waals surface area contributed by atoms with Gasteiger partial charge in [0, 0.05) is 32.6 Å². The molecule has 0 bridgehead atoms. The van der Waals surface area contributed by atoms with Gasteiger partial charge in [-0.05, 0) is 65.2 Å². The highest BCUT2D eigenvalue weighted by Gasteiger charge is 2.27. The second kappa shape index (κ2) is 10.7. The van der Waals surface area contributed by atoms with Gasteiger partial charge in [-0.1, -0.05) is 30.3 Å². The Kier molecular flexibility index (Phi) is 7.52. The maximum absolute atomic E-state index is 13.3. The summed E-state index contributed by atoms with van der Waals surface area (Å²) in [5.74, 6) is 0.942. The second-order valence-electron chi connectivity index (χ2n) is 8.04. The quantitative estimate of drug-likeness (QED) is 0.489. The number of hydrogen-bond acceptors (Lipinski definition) is 4. The lowest BCUT2D eigenvalue weighted by atomic mass is 9.88. The van der Waals surface area contributed by atoms with E-state index in [-0.39, 0.29) is 17.8 Å². The molecule has 1 heterocycles. The molecule has 0 aromatic heterocycles. The fourth-order valence-electron chi connectivity index (χ4n) is 4.15. The minimum Gasteiger partial charge on any atom is -0.493 e. The topological polar surface area (TPSA) is 39.7 Å². The van der Waals surface area contributed by atoms with Crippen LogP contribution in [-0.2, 0) is 16.1 Å². The van der Waals surface area contributed by atoms with Crippen molar-refractivity contribution < 1.29 is 18.6 Å². The van der Waals surface area contributed by atoms with Crippen LogP contribution >= 0.6 is 0 Å². The molecule has 1 fully saturated rings. The highest BCUT2D eigenvalue weighted by Crippen LogP contribution is 2.29. The van der Waals surface area contributed by atoms with Crippen LogP contribution in [0.15, 0.2) is 60.7 Å². The summed E-state index contributed by atoms with van der Waals surface area (Å²) in [6.45, 7) is 3.63. The van der Waals surface area contributed by atoms with E-state index in [1.807, 2.05) is 18.2 Å². The minimum absolute atomic E-state index is 0.0605. The number of ether oxygens (including phenoxy) is 3. The molecular formula is C26H30FNO3. The first-order chi connectivity index (χ1) is 15.2. The molecule has 0 amide bonds. The Morgan fingerprint density at radius 3 is 2.65 bits per heavy atom. The Labute approximate surface area is 183 Å². The van der Waals surface area contributed by atoms with Crippen LogP contribution in [0.1, 0.15) is 29.9 Å². The van der Waals surface area contributed by atoms with Gasteiger partial charge in [0.15, 0.2) is 0 Å². The van der Waals surface area contributed by atoms with E-state index in [1.54, 1.807) is 7.11 Å². The van der Waals surface area contributed by atoms with Crippen molar-refractivity contribution in [3.8, 4) is 5.75 Å². The van der Waals surface area contributed by atoms with Crippen LogP contribution < -0.4 is 10.1 Å². The lowest BCUT2D eigenvalue weighted by Crippen LogP contribution is -2.40. The Hall–Kier alpha value is -2.47. The predicted molar refractivity (Wildman–Crippen MR) is 121 cm³/mol. The zero-order valence-corrected chi connectivity index (χ0v) is 18.0.